The SMILES string of the molecule is C[C@H]1[C@H](NC(=O)C(C(=O)O)c2ccccc2)C(=O)N1OCS(=O)(=O)O. The van der Waals surface area contributed by atoms with Crippen molar-refractivity contribution in [2.45, 2.75) is 24.9 Å². The number of rotatable bonds is 7. The van der Waals surface area contributed by atoms with Crippen LogP contribution in [0.4, 0.5) is 0 Å². The first kappa shape index (κ1) is 18.8. The molecule has 1 heterocycles. The first-order valence-electron chi connectivity index (χ1n) is 7.11. The number of carbonyl (C=O) groups is 3. The summed E-state index contributed by atoms with van der Waals surface area (Å²) in [6.45, 7) is 1.47. The lowest BCUT2D eigenvalue weighted by Crippen LogP contribution is -2.69. The van der Waals surface area contributed by atoms with Gasteiger partial charge in [-0.2, -0.15) is 8.42 Å². The number of carboxylic acid groups (broad SMARTS) is 1. The molecule has 11 heteroatoms. The van der Waals surface area contributed by atoms with E-state index in [4.69, 9.17) is 4.55 Å². The van der Waals surface area contributed by atoms with Gasteiger partial charge in [-0.1, -0.05) is 30.3 Å². The summed E-state index contributed by atoms with van der Waals surface area (Å²) in [5, 5.41) is 12.3. The number of hydroxylamine groups is 2. The zero-order valence-electron chi connectivity index (χ0n) is 13.0. The molecular formula is C14H16N2O8S. The van der Waals surface area contributed by atoms with Gasteiger partial charge in [0.15, 0.2) is 5.92 Å². The molecule has 1 saturated heterocycles. The summed E-state index contributed by atoms with van der Waals surface area (Å²) in [7, 11) is -4.42. The highest BCUT2D eigenvalue weighted by molar-refractivity contribution is 7.85. The van der Waals surface area contributed by atoms with Gasteiger partial charge in [-0.15, -0.1) is 0 Å². The number of benzene rings is 1. The Morgan fingerprint density at radius 1 is 1.32 bits per heavy atom. The van der Waals surface area contributed by atoms with E-state index in [0.29, 0.717) is 5.06 Å². The standard InChI is InChI=1S/C14H16N2O8S/c1-8-11(13(18)16(8)24-7-25(21,22)23)15-12(17)10(14(19)20)9-5-3-2-4-6-9/h2-6,8,10-11H,7H2,1H3,(H,15,17)(H,19,20)(H,21,22,23)/t8-,10?,11-/m0/s1. The van der Waals surface area contributed by atoms with Crippen molar-refractivity contribution < 1.29 is 37.3 Å². The second-order valence-corrected chi connectivity index (χ2v) is 6.80. The fourth-order valence-electron chi connectivity index (χ4n) is 2.37. The van der Waals surface area contributed by atoms with Crippen molar-refractivity contribution in [3.05, 3.63) is 35.9 Å². The third-order valence-corrected chi connectivity index (χ3v) is 4.02. The number of carboxylic acids is 1. The summed E-state index contributed by atoms with van der Waals surface area (Å²) in [5.74, 6) is -5.59. The second-order valence-electron chi connectivity index (χ2n) is 5.40. The smallest absolute Gasteiger partial charge is 0.320 e. The first-order chi connectivity index (χ1) is 11.6. The Balaban J connectivity index is 2.03. The maximum atomic E-state index is 12.3. The summed E-state index contributed by atoms with van der Waals surface area (Å²) in [4.78, 5) is 40.2. The van der Waals surface area contributed by atoms with E-state index < -0.39 is 51.8 Å². The Labute approximate surface area is 143 Å². The van der Waals surface area contributed by atoms with Gasteiger partial charge in [0, 0.05) is 0 Å². The number of amides is 2. The zero-order valence-corrected chi connectivity index (χ0v) is 13.8. The molecule has 25 heavy (non-hydrogen) atoms. The maximum Gasteiger partial charge on any atom is 0.320 e. The van der Waals surface area contributed by atoms with Gasteiger partial charge in [-0.3, -0.25) is 23.8 Å². The largest absolute Gasteiger partial charge is 0.480 e. The number of aliphatic carboxylic acids is 1. The van der Waals surface area contributed by atoms with Crippen molar-refractivity contribution in [2.24, 2.45) is 0 Å². The molecule has 0 aliphatic carbocycles. The van der Waals surface area contributed by atoms with E-state index in [0.717, 1.165) is 0 Å². The van der Waals surface area contributed by atoms with Crippen LogP contribution < -0.4 is 5.32 Å². The highest BCUT2D eigenvalue weighted by atomic mass is 32.2. The molecule has 1 aliphatic heterocycles. The summed E-state index contributed by atoms with van der Waals surface area (Å²) < 4.78 is 29.9. The van der Waals surface area contributed by atoms with Gasteiger partial charge >= 0.3 is 5.97 Å². The van der Waals surface area contributed by atoms with Gasteiger partial charge in [-0.25, -0.2) is 5.06 Å². The van der Waals surface area contributed by atoms with E-state index >= 15 is 0 Å². The molecule has 2 rings (SSSR count). The molecule has 0 aromatic heterocycles. The van der Waals surface area contributed by atoms with Crippen LogP contribution in [-0.2, 0) is 29.3 Å². The van der Waals surface area contributed by atoms with Crippen LogP contribution in [0.1, 0.15) is 18.4 Å². The molecular weight excluding hydrogens is 356 g/mol. The van der Waals surface area contributed by atoms with Gasteiger partial charge in [0.2, 0.25) is 11.8 Å². The van der Waals surface area contributed by atoms with E-state index in [1.165, 1.54) is 19.1 Å². The minimum atomic E-state index is -4.42. The molecule has 0 saturated carbocycles. The van der Waals surface area contributed by atoms with Crippen molar-refractivity contribution in [3.8, 4) is 0 Å². The van der Waals surface area contributed by atoms with Gasteiger partial charge in [0.25, 0.3) is 16.0 Å². The van der Waals surface area contributed by atoms with E-state index in [1.54, 1.807) is 18.2 Å². The lowest BCUT2D eigenvalue weighted by atomic mass is 9.95. The minimum Gasteiger partial charge on any atom is -0.480 e. The van der Waals surface area contributed by atoms with Crippen molar-refractivity contribution in [1.82, 2.24) is 10.4 Å². The number of hydrogen-bond acceptors (Lipinski definition) is 6. The van der Waals surface area contributed by atoms with E-state index in [-0.39, 0.29) is 5.56 Å². The first-order valence-corrected chi connectivity index (χ1v) is 8.72. The number of nitrogens with one attached hydrogen (secondary N) is 1. The molecule has 1 aromatic carbocycles. The van der Waals surface area contributed by atoms with Crippen LogP contribution in [0.15, 0.2) is 30.3 Å². The maximum absolute atomic E-state index is 12.3. The second kappa shape index (κ2) is 7.17. The van der Waals surface area contributed by atoms with E-state index in [2.05, 4.69) is 10.2 Å². The molecule has 1 unspecified atom stereocenters. The third kappa shape index (κ3) is 4.32. The van der Waals surface area contributed by atoms with E-state index in [1.807, 2.05) is 0 Å². The van der Waals surface area contributed by atoms with Gasteiger partial charge < -0.3 is 10.4 Å². The average molecular weight is 372 g/mol. The molecule has 1 aromatic rings. The van der Waals surface area contributed by atoms with Gasteiger partial charge in [0.05, 0.1) is 6.04 Å². The van der Waals surface area contributed by atoms with Gasteiger partial charge in [-0.05, 0) is 12.5 Å². The van der Waals surface area contributed by atoms with Crippen LogP contribution in [0.5, 0.6) is 0 Å². The van der Waals surface area contributed by atoms with Crippen LogP contribution in [0.3, 0.4) is 0 Å². The predicted molar refractivity (Wildman–Crippen MR) is 82.6 cm³/mol. The van der Waals surface area contributed by atoms with Crippen LogP contribution in [-0.4, -0.2) is 58.9 Å². The number of nitrogens with zero attached hydrogens (tertiary/aromatic N) is 1. The van der Waals surface area contributed by atoms with Crippen LogP contribution in [0.25, 0.3) is 0 Å². The van der Waals surface area contributed by atoms with Crippen LogP contribution in [0.2, 0.25) is 0 Å². The molecule has 136 valence electrons. The molecule has 2 amide bonds. The monoisotopic (exact) mass is 372 g/mol. The molecule has 0 spiro atoms. The molecule has 3 N–H and O–H groups in total. The Bertz CT molecular complexity index is 779. The lowest BCUT2D eigenvalue weighted by Gasteiger charge is -2.43. The summed E-state index contributed by atoms with van der Waals surface area (Å²) in [5.41, 5.74) is 0.256. The Kier molecular flexibility index (Phi) is 5.40. The van der Waals surface area contributed by atoms with Crippen molar-refractivity contribution >= 4 is 27.9 Å². The molecule has 1 fully saturated rings. The molecule has 0 bridgehead atoms. The summed E-state index contributed by atoms with van der Waals surface area (Å²) >= 11 is 0. The molecule has 0 radical (unpaired) electrons. The van der Waals surface area contributed by atoms with Gasteiger partial charge in [0.1, 0.15) is 6.04 Å². The lowest BCUT2D eigenvalue weighted by molar-refractivity contribution is -0.225. The molecule has 3 atom stereocenters. The summed E-state index contributed by atoms with van der Waals surface area (Å²) in [6.07, 6.45) is 0. The normalized spacial score (nSPS) is 21.4. The fraction of sp³-hybridized carbons (Fsp3) is 0.357. The topological polar surface area (TPSA) is 150 Å². The highest BCUT2D eigenvalue weighted by Crippen LogP contribution is 2.23. The Hall–Kier alpha value is -2.50. The molecule has 1 aliphatic rings. The summed E-state index contributed by atoms with van der Waals surface area (Å²) in [6, 6.07) is 6.00. The number of hydrogen-bond donors (Lipinski definition) is 3. The zero-order chi connectivity index (χ0) is 18.8. The molecule has 10 nitrogen and oxygen atoms in total. The predicted octanol–water partition coefficient (Wildman–Crippen LogP) is -0.653. The Morgan fingerprint density at radius 2 is 1.92 bits per heavy atom. The highest BCUT2D eigenvalue weighted by Gasteiger charge is 2.48. The average Bonchev–Trinajstić information content (AvgIpc) is 2.52. The number of carbonyl (C=O) groups excluding carboxylic acids is 2. The van der Waals surface area contributed by atoms with Crippen LogP contribution in [0, 0.1) is 0 Å². The minimum absolute atomic E-state index is 0.256. The Morgan fingerprint density at radius 3 is 2.40 bits per heavy atom. The van der Waals surface area contributed by atoms with Crippen molar-refractivity contribution in [2.75, 3.05) is 5.94 Å². The van der Waals surface area contributed by atoms with E-state index in [9.17, 15) is 27.9 Å². The fourth-order valence-corrected chi connectivity index (χ4v) is 2.62. The third-order valence-electron chi connectivity index (χ3n) is 3.62. The van der Waals surface area contributed by atoms with Crippen LogP contribution >= 0.6 is 0 Å². The van der Waals surface area contributed by atoms with Crippen molar-refractivity contribution in [3.63, 3.8) is 0 Å². The van der Waals surface area contributed by atoms with Crippen molar-refractivity contribution in [1.29, 1.82) is 0 Å². The quantitative estimate of drug-likeness (QED) is 0.324. The number of β-lactam (4-membered cyclic amide) rings is 1.